The maximum Gasteiger partial charge on any atom is 0.263 e. The minimum Gasteiger partial charge on any atom is -0.310 e. The monoisotopic (exact) mass is 325 g/mol. The van der Waals surface area contributed by atoms with Crippen LogP contribution in [0.4, 0.5) is 5.13 Å². The third kappa shape index (κ3) is 4.52. The Morgan fingerprint density at radius 1 is 1.24 bits per heavy atom. The number of nitrogens with one attached hydrogen (secondary N) is 2. The van der Waals surface area contributed by atoms with Gasteiger partial charge in [0.05, 0.1) is 4.90 Å². The van der Waals surface area contributed by atoms with Crippen LogP contribution in [-0.4, -0.2) is 19.4 Å². The molecule has 0 bridgehead atoms. The molecule has 0 aliphatic heterocycles. The highest BCUT2D eigenvalue weighted by Gasteiger charge is 2.15. The van der Waals surface area contributed by atoms with Gasteiger partial charge in [0.15, 0.2) is 5.13 Å². The van der Waals surface area contributed by atoms with Gasteiger partial charge in [-0.25, -0.2) is 13.4 Å². The highest BCUT2D eigenvalue weighted by Crippen LogP contribution is 2.21. The van der Waals surface area contributed by atoms with E-state index >= 15 is 0 Å². The van der Waals surface area contributed by atoms with Crippen molar-refractivity contribution < 1.29 is 8.42 Å². The number of hydrogen-bond donors (Lipinski definition) is 2. The molecular formula is C14H19N3O2S2. The van der Waals surface area contributed by atoms with Crippen molar-refractivity contribution in [1.29, 1.82) is 0 Å². The van der Waals surface area contributed by atoms with Crippen LogP contribution in [0.1, 0.15) is 24.3 Å². The van der Waals surface area contributed by atoms with Crippen molar-refractivity contribution in [2.24, 2.45) is 0 Å². The van der Waals surface area contributed by atoms with Crippen LogP contribution in [0.15, 0.2) is 35.4 Å². The molecule has 1 heterocycles. The van der Waals surface area contributed by atoms with E-state index < -0.39 is 10.0 Å². The molecule has 0 amide bonds. The molecule has 0 aliphatic carbocycles. The summed E-state index contributed by atoms with van der Waals surface area (Å²) in [5, 5.41) is 3.68. The van der Waals surface area contributed by atoms with Crippen molar-refractivity contribution >= 4 is 26.5 Å². The number of nitrogens with zero attached hydrogens (tertiary/aromatic N) is 1. The van der Waals surface area contributed by atoms with Gasteiger partial charge in [-0.3, -0.25) is 4.72 Å². The molecule has 2 rings (SSSR count). The largest absolute Gasteiger partial charge is 0.310 e. The summed E-state index contributed by atoms with van der Waals surface area (Å²) in [4.78, 5) is 5.21. The van der Waals surface area contributed by atoms with Gasteiger partial charge in [0, 0.05) is 23.7 Å². The molecule has 7 heteroatoms. The SMILES string of the molecule is Cc1cnc(NS(=O)(=O)c2ccc(CNC(C)C)cc2)s1. The number of thiazole rings is 1. The van der Waals surface area contributed by atoms with Crippen LogP contribution in [0.2, 0.25) is 0 Å². The lowest BCUT2D eigenvalue weighted by Gasteiger charge is -2.09. The highest BCUT2D eigenvalue weighted by molar-refractivity contribution is 7.93. The van der Waals surface area contributed by atoms with E-state index in [4.69, 9.17) is 0 Å². The van der Waals surface area contributed by atoms with E-state index in [-0.39, 0.29) is 4.90 Å². The van der Waals surface area contributed by atoms with Crippen LogP contribution in [-0.2, 0) is 16.6 Å². The fourth-order valence-corrected chi connectivity index (χ4v) is 3.59. The second-order valence-electron chi connectivity index (χ2n) is 5.06. The molecule has 21 heavy (non-hydrogen) atoms. The molecule has 1 aromatic heterocycles. The zero-order valence-corrected chi connectivity index (χ0v) is 13.9. The fourth-order valence-electron chi connectivity index (χ4n) is 1.68. The standard InChI is InChI=1S/C14H19N3O2S2/c1-10(2)15-9-12-4-6-13(7-5-12)21(18,19)17-14-16-8-11(3)20-14/h4-8,10,15H,9H2,1-3H3,(H,16,17). The summed E-state index contributed by atoms with van der Waals surface area (Å²) in [5.41, 5.74) is 1.05. The van der Waals surface area contributed by atoms with Crippen molar-refractivity contribution in [3.63, 3.8) is 0 Å². The Morgan fingerprint density at radius 3 is 2.43 bits per heavy atom. The van der Waals surface area contributed by atoms with E-state index in [0.29, 0.717) is 11.2 Å². The number of anilines is 1. The van der Waals surface area contributed by atoms with Gasteiger partial charge in [-0.1, -0.05) is 26.0 Å². The van der Waals surface area contributed by atoms with E-state index in [2.05, 4.69) is 28.9 Å². The fraction of sp³-hybridized carbons (Fsp3) is 0.357. The first-order chi connectivity index (χ1) is 9.87. The van der Waals surface area contributed by atoms with Crippen molar-refractivity contribution in [3.8, 4) is 0 Å². The van der Waals surface area contributed by atoms with Crippen LogP contribution in [0.25, 0.3) is 0 Å². The lowest BCUT2D eigenvalue weighted by atomic mass is 10.2. The van der Waals surface area contributed by atoms with Gasteiger partial charge in [0.25, 0.3) is 10.0 Å². The lowest BCUT2D eigenvalue weighted by molar-refractivity contribution is 0.588. The summed E-state index contributed by atoms with van der Waals surface area (Å²) in [6.07, 6.45) is 1.64. The predicted molar refractivity (Wildman–Crippen MR) is 86.1 cm³/mol. The van der Waals surface area contributed by atoms with Gasteiger partial charge in [-0.15, -0.1) is 11.3 Å². The molecular weight excluding hydrogens is 306 g/mol. The van der Waals surface area contributed by atoms with Crippen molar-refractivity contribution in [3.05, 3.63) is 40.9 Å². The maximum absolute atomic E-state index is 12.2. The van der Waals surface area contributed by atoms with Gasteiger partial charge < -0.3 is 5.32 Å². The lowest BCUT2D eigenvalue weighted by Crippen LogP contribution is -2.21. The molecule has 0 saturated heterocycles. The first kappa shape index (κ1) is 15.9. The smallest absolute Gasteiger partial charge is 0.263 e. The minimum absolute atomic E-state index is 0.239. The Labute approximate surface area is 129 Å². The number of benzene rings is 1. The predicted octanol–water partition coefficient (Wildman–Crippen LogP) is 2.75. The summed E-state index contributed by atoms with van der Waals surface area (Å²) in [6.45, 7) is 6.74. The van der Waals surface area contributed by atoms with Crippen LogP contribution in [0.3, 0.4) is 0 Å². The number of sulfonamides is 1. The second kappa shape index (κ2) is 6.55. The van der Waals surface area contributed by atoms with E-state index in [1.54, 1.807) is 18.3 Å². The molecule has 0 saturated carbocycles. The normalized spacial score (nSPS) is 11.8. The Morgan fingerprint density at radius 2 is 1.90 bits per heavy atom. The number of rotatable bonds is 6. The van der Waals surface area contributed by atoms with E-state index in [9.17, 15) is 8.42 Å². The van der Waals surface area contributed by atoms with Crippen LogP contribution < -0.4 is 10.0 Å². The van der Waals surface area contributed by atoms with Crippen LogP contribution >= 0.6 is 11.3 Å². The highest BCUT2D eigenvalue weighted by atomic mass is 32.2. The quantitative estimate of drug-likeness (QED) is 0.857. The minimum atomic E-state index is -3.57. The van der Waals surface area contributed by atoms with E-state index in [1.807, 2.05) is 19.1 Å². The van der Waals surface area contributed by atoms with Crippen molar-refractivity contribution in [2.45, 2.75) is 38.3 Å². The van der Waals surface area contributed by atoms with Gasteiger partial charge in [0.1, 0.15) is 0 Å². The molecule has 0 unspecified atom stereocenters. The third-order valence-electron chi connectivity index (χ3n) is 2.79. The molecule has 2 N–H and O–H groups in total. The summed E-state index contributed by atoms with van der Waals surface area (Å²) in [5.74, 6) is 0. The topological polar surface area (TPSA) is 71.1 Å². The first-order valence-corrected chi connectivity index (χ1v) is 8.94. The molecule has 5 nitrogen and oxygen atoms in total. The second-order valence-corrected chi connectivity index (χ2v) is 7.98. The Balaban J connectivity index is 2.09. The number of aryl methyl sites for hydroxylation is 1. The van der Waals surface area contributed by atoms with E-state index in [1.165, 1.54) is 11.3 Å². The Bertz CT molecular complexity index is 691. The summed E-state index contributed by atoms with van der Waals surface area (Å²) < 4.78 is 26.9. The molecule has 0 fully saturated rings. The van der Waals surface area contributed by atoms with Gasteiger partial charge >= 0.3 is 0 Å². The Kier molecular flexibility index (Phi) is 4.97. The molecule has 2 aromatic rings. The number of aromatic nitrogens is 1. The average Bonchev–Trinajstić information content (AvgIpc) is 2.81. The van der Waals surface area contributed by atoms with Crippen LogP contribution in [0, 0.1) is 6.92 Å². The number of hydrogen-bond acceptors (Lipinski definition) is 5. The molecule has 0 spiro atoms. The van der Waals surface area contributed by atoms with Gasteiger partial charge in [-0.05, 0) is 24.6 Å². The van der Waals surface area contributed by atoms with Crippen molar-refractivity contribution in [1.82, 2.24) is 10.3 Å². The first-order valence-electron chi connectivity index (χ1n) is 6.64. The summed E-state index contributed by atoms with van der Waals surface area (Å²) in [6, 6.07) is 7.25. The van der Waals surface area contributed by atoms with E-state index in [0.717, 1.165) is 17.0 Å². The molecule has 114 valence electrons. The molecule has 0 atom stereocenters. The zero-order chi connectivity index (χ0) is 15.5. The van der Waals surface area contributed by atoms with Crippen molar-refractivity contribution in [2.75, 3.05) is 4.72 Å². The van der Waals surface area contributed by atoms with Crippen LogP contribution in [0.5, 0.6) is 0 Å². The summed E-state index contributed by atoms with van der Waals surface area (Å²) >= 11 is 1.31. The summed E-state index contributed by atoms with van der Waals surface area (Å²) in [7, 11) is -3.57. The maximum atomic E-state index is 12.2. The zero-order valence-electron chi connectivity index (χ0n) is 12.3. The molecule has 0 radical (unpaired) electrons. The average molecular weight is 325 g/mol. The third-order valence-corrected chi connectivity index (χ3v) is 5.10. The van der Waals surface area contributed by atoms with Gasteiger partial charge in [-0.2, -0.15) is 0 Å². The molecule has 1 aromatic carbocycles. The molecule has 0 aliphatic rings. The Hall–Kier alpha value is -1.44. The van der Waals surface area contributed by atoms with Gasteiger partial charge in [0.2, 0.25) is 0 Å².